The molecule has 0 aromatic carbocycles. The predicted octanol–water partition coefficient (Wildman–Crippen LogP) is 12.4. The number of unbranched alkanes of at least 4 members (excludes halogenated alkanes) is 7. The van der Waals surface area contributed by atoms with Crippen molar-refractivity contribution >= 4 is 15.8 Å². The highest BCUT2D eigenvalue weighted by Crippen LogP contribution is 2.57. The summed E-state index contributed by atoms with van der Waals surface area (Å²) in [6.07, 6.45) is 47.1. The minimum absolute atomic E-state index is 0.354. The summed E-state index contributed by atoms with van der Waals surface area (Å²) in [6.45, 7) is 0. The van der Waals surface area contributed by atoms with Gasteiger partial charge in [0.15, 0.2) is 0 Å². The second-order valence-electron chi connectivity index (χ2n) is 13.5. The van der Waals surface area contributed by atoms with E-state index in [0.29, 0.717) is 15.8 Å². The molecule has 0 aromatic rings. The summed E-state index contributed by atoms with van der Waals surface area (Å²) in [7, 11) is 0.708. The van der Waals surface area contributed by atoms with E-state index in [9.17, 15) is 0 Å². The fourth-order valence-electron chi connectivity index (χ4n) is 8.63. The fourth-order valence-corrected chi connectivity index (χ4v) is 16.6. The first kappa shape index (κ1) is 29.8. The molecule has 0 bridgehead atoms. The quantitative estimate of drug-likeness (QED) is 0.145. The third kappa shape index (κ3) is 10.4. The zero-order chi connectivity index (χ0) is 24.7. The number of hydrogen-bond donors (Lipinski definition) is 0. The molecule has 0 N–H and O–H groups in total. The molecule has 0 heterocycles. The third-order valence-electron chi connectivity index (χ3n) is 10.8. The molecule has 0 amide bonds. The lowest BCUT2D eigenvalue weighted by molar-refractivity contribution is 0.482. The van der Waals surface area contributed by atoms with E-state index in [1.807, 2.05) is 0 Å². The van der Waals surface area contributed by atoms with Gasteiger partial charge in [-0.15, -0.1) is 15.8 Å². The Balaban J connectivity index is 1.05. The van der Waals surface area contributed by atoms with Crippen LogP contribution < -0.4 is 0 Å². The highest BCUT2D eigenvalue weighted by atomic mass is 31.1. The molecule has 4 aliphatic carbocycles. The van der Waals surface area contributed by atoms with Crippen LogP contribution in [0.5, 0.6) is 0 Å². The first-order chi connectivity index (χ1) is 17.9. The van der Waals surface area contributed by atoms with Crippen molar-refractivity contribution in [1.29, 1.82) is 0 Å². The second kappa shape index (κ2) is 18.3. The van der Waals surface area contributed by atoms with E-state index in [1.54, 1.807) is 141 Å². The Bertz CT molecular complexity index is 439. The van der Waals surface area contributed by atoms with Crippen molar-refractivity contribution < 1.29 is 0 Å². The van der Waals surface area contributed by atoms with Crippen molar-refractivity contribution in [2.45, 2.75) is 202 Å². The molecular formula is C34H64P2. The molecule has 0 spiro atoms. The summed E-state index contributed by atoms with van der Waals surface area (Å²) in [5, 5.41) is 0. The minimum atomic E-state index is 0.354. The van der Waals surface area contributed by atoms with E-state index in [-0.39, 0.29) is 0 Å². The SMILES string of the molecule is C(CCCCCP(C1CCCCC1)C1CCCCC1)CCCCP(C1CCCCC1)C1CCCCC1. The standard InChI is InChI=1S/C34H64P2/c1(3-5-19-29-35(31-21-11-7-12-22-31)32-23-13-8-14-24-32)2-4-6-20-30-36(33-25-15-9-16-26-33)34-27-17-10-18-28-34/h31-34H,1-30H2. The van der Waals surface area contributed by atoms with Gasteiger partial charge in [0.05, 0.1) is 0 Å². The van der Waals surface area contributed by atoms with Gasteiger partial charge in [-0.05, 0) is 99.2 Å². The van der Waals surface area contributed by atoms with Gasteiger partial charge in [-0.25, -0.2) is 0 Å². The van der Waals surface area contributed by atoms with Crippen molar-refractivity contribution in [2.75, 3.05) is 12.3 Å². The van der Waals surface area contributed by atoms with Crippen LogP contribution >= 0.6 is 15.8 Å². The zero-order valence-electron chi connectivity index (χ0n) is 24.4. The fraction of sp³-hybridized carbons (Fsp3) is 1.00. The Morgan fingerprint density at radius 3 is 0.750 bits per heavy atom. The highest BCUT2D eigenvalue weighted by Gasteiger charge is 2.31. The van der Waals surface area contributed by atoms with Crippen LogP contribution in [0.1, 0.15) is 180 Å². The maximum Gasteiger partial charge on any atom is -0.0207 e. The average molecular weight is 535 g/mol. The van der Waals surface area contributed by atoms with Crippen LogP contribution in [0.4, 0.5) is 0 Å². The van der Waals surface area contributed by atoms with Crippen LogP contribution in [-0.2, 0) is 0 Å². The molecule has 0 unspecified atom stereocenters. The lowest BCUT2D eigenvalue weighted by atomic mass is 9.99. The molecule has 0 nitrogen and oxygen atoms in total. The van der Waals surface area contributed by atoms with E-state index in [4.69, 9.17) is 0 Å². The summed E-state index contributed by atoms with van der Waals surface area (Å²) in [6, 6.07) is 0. The largest absolute Gasteiger partial charge is 0.100 e. The average Bonchev–Trinajstić information content (AvgIpc) is 2.96. The van der Waals surface area contributed by atoms with Crippen molar-refractivity contribution in [3.8, 4) is 0 Å². The monoisotopic (exact) mass is 534 g/mol. The summed E-state index contributed by atoms with van der Waals surface area (Å²) in [5.41, 5.74) is 4.68. The molecule has 0 radical (unpaired) electrons. The Labute approximate surface area is 230 Å². The zero-order valence-corrected chi connectivity index (χ0v) is 26.2. The Hall–Kier alpha value is 0.860. The molecule has 36 heavy (non-hydrogen) atoms. The first-order valence-corrected chi connectivity index (χ1v) is 20.8. The summed E-state index contributed by atoms with van der Waals surface area (Å²) in [4.78, 5) is 0. The van der Waals surface area contributed by atoms with Gasteiger partial charge in [-0.3, -0.25) is 0 Å². The van der Waals surface area contributed by atoms with Crippen molar-refractivity contribution in [2.24, 2.45) is 0 Å². The maximum absolute atomic E-state index is 1.65. The van der Waals surface area contributed by atoms with Gasteiger partial charge in [0.2, 0.25) is 0 Å². The van der Waals surface area contributed by atoms with E-state index in [0.717, 1.165) is 0 Å². The van der Waals surface area contributed by atoms with Gasteiger partial charge in [0, 0.05) is 0 Å². The minimum Gasteiger partial charge on any atom is -0.100 e. The molecule has 0 atom stereocenters. The second-order valence-corrected chi connectivity index (χ2v) is 19.3. The van der Waals surface area contributed by atoms with Crippen LogP contribution in [0.15, 0.2) is 0 Å². The van der Waals surface area contributed by atoms with Gasteiger partial charge >= 0.3 is 0 Å². The van der Waals surface area contributed by atoms with Crippen molar-refractivity contribution in [1.82, 2.24) is 0 Å². The lowest BCUT2D eigenvalue weighted by Gasteiger charge is -2.38. The molecule has 0 saturated heterocycles. The molecule has 0 aliphatic heterocycles. The van der Waals surface area contributed by atoms with Crippen LogP contribution in [0.25, 0.3) is 0 Å². The lowest BCUT2D eigenvalue weighted by Crippen LogP contribution is -2.22. The highest BCUT2D eigenvalue weighted by molar-refractivity contribution is 7.59. The molecule has 2 heteroatoms. The molecule has 4 fully saturated rings. The van der Waals surface area contributed by atoms with Crippen molar-refractivity contribution in [3.63, 3.8) is 0 Å². The van der Waals surface area contributed by atoms with Gasteiger partial charge in [-0.1, -0.05) is 116 Å². The maximum atomic E-state index is 1.65. The van der Waals surface area contributed by atoms with E-state index < -0.39 is 0 Å². The van der Waals surface area contributed by atoms with Crippen molar-refractivity contribution in [3.05, 3.63) is 0 Å². The number of hydrogen-bond acceptors (Lipinski definition) is 0. The summed E-state index contributed by atoms with van der Waals surface area (Å²) < 4.78 is 0. The Morgan fingerprint density at radius 2 is 0.500 bits per heavy atom. The van der Waals surface area contributed by atoms with Gasteiger partial charge < -0.3 is 0 Å². The van der Waals surface area contributed by atoms with Crippen LogP contribution in [0.3, 0.4) is 0 Å². The smallest absolute Gasteiger partial charge is 0.0207 e. The van der Waals surface area contributed by atoms with E-state index in [1.165, 1.54) is 74.0 Å². The van der Waals surface area contributed by atoms with Gasteiger partial charge in [0.25, 0.3) is 0 Å². The predicted molar refractivity (Wildman–Crippen MR) is 168 cm³/mol. The first-order valence-electron chi connectivity index (χ1n) is 17.4. The molecule has 0 aromatic heterocycles. The number of rotatable bonds is 15. The third-order valence-corrected chi connectivity index (χ3v) is 18.2. The summed E-state index contributed by atoms with van der Waals surface area (Å²) >= 11 is 0. The molecular weight excluding hydrogens is 470 g/mol. The van der Waals surface area contributed by atoms with Gasteiger partial charge in [0.1, 0.15) is 0 Å². The van der Waals surface area contributed by atoms with Gasteiger partial charge in [-0.2, -0.15) is 0 Å². The Morgan fingerprint density at radius 1 is 0.278 bits per heavy atom. The normalized spacial score (nSPS) is 24.2. The van der Waals surface area contributed by atoms with Crippen LogP contribution in [0.2, 0.25) is 0 Å². The van der Waals surface area contributed by atoms with E-state index in [2.05, 4.69) is 0 Å². The van der Waals surface area contributed by atoms with Crippen LogP contribution in [0, 0.1) is 0 Å². The molecule has 4 saturated carbocycles. The van der Waals surface area contributed by atoms with E-state index >= 15 is 0 Å². The molecule has 4 aliphatic rings. The summed E-state index contributed by atoms with van der Waals surface area (Å²) in [5.74, 6) is 0. The Kier molecular flexibility index (Phi) is 15.1. The topological polar surface area (TPSA) is 0 Å². The molecule has 210 valence electrons. The van der Waals surface area contributed by atoms with Crippen LogP contribution in [-0.4, -0.2) is 35.0 Å². The molecule has 4 rings (SSSR count).